The van der Waals surface area contributed by atoms with Gasteiger partial charge in [0.05, 0.1) is 10.6 Å². The van der Waals surface area contributed by atoms with Crippen molar-refractivity contribution in [1.82, 2.24) is 10.1 Å². The van der Waals surface area contributed by atoms with Gasteiger partial charge in [0.25, 0.3) is 0 Å². The SMILES string of the molecule is O=C(CCc1nc(-c2cccs2)no1)N1CCCSc2ccccc21. The first kappa shape index (κ1) is 16.4. The molecule has 0 radical (unpaired) electrons. The summed E-state index contributed by atoms with van der Waals surface area (Å²) < 4.78 is 5.29. The number of anilines is 1. The summed E-state index contributed by atoms with van der Waals surface area (Å²) in [5.41, 5.74) is 1.01. The predicted molar refractivity (Wildman–Crippen MR) is 100 cm³/mol. The molecule has 0 spiro atoms. The molecule has 1 aliphatic heterocycles. The molecule has 0 unspecified atom stereocenters. The number of hydrogen-bond acceptors (Lipinski definition) is 6. The fourth-order valence-corrected chi connectivity index (χ4v) is 4.44. The summed E-state index contributed by atoms with van der Waals surface area (Å²) in [4.78, 5) is 21.2. The van der Waals surface area contributed by atoms with E-state index in [2.05, 4.69) is 16.2 Å². The van der Waals surface area contributed by atoms with E-state index in [1.54, 1.807) is 11.3 Å². The quantitative estimate of drug-likeness (QED) is 0.686. The molecule has 25 heavy (non-hydrogen) atoms. The Morgan fingerprint density at radius 3 is 3.04 bits per heavy atom. The van der Waals surface area contributed by atoms with E-state index >= 15 is 0 Å². The Bertz CT molecular complexity index is 861. The maximum Gasteiger partial charge on any atom is 0.227 e. The second-order valence-electron chi connectivity index (χ2n) is 5.70. The fourth-order valence-electron chi connectivity index (χ4n) is 2.80. The van der Waals surface area contributed by atoms with E-state index < -0.39 is 0 Å². The Balaban J connectivity index is 1.44. The van der Waals surface area contributed by atoms with Crippen LogP contribution in [0.4, 0.5) is 5.69 Å². The maximum atomic E-state index is 12.8. The molecule has 128 valence electrons. The van der Waals surface area contributed by atoms with Crippen molar-refractivity contribution in [3.05, 3.63) is 47.7 Å². The number of carbonyl (C=O) groups is 1. The minimum atomic E-state index is 0.103. The highest BCUT2D eigenvalue weighted by atomic mass is 32.2. The van der Waals surface area contributed by atoms with Gasteiger partial charge in [-0.2, -0.15) is 4.98 Å². The number of benzene rings is 1. The van der Waals surface area contributed by atoms with Crippen LogP contribution in [0.1, 0.15) is 18.7 Å². The van der Waals surface area contributed by atoms with Crippen molar-refractivity contribution in [2.24, 2.45) is 0 Å². The molecule has 3 heterocycles. The van der Waals surface area contributed by atoms with Crippen LogP contribution in [0.2, 0.25) is 0 Å². The van der Waals surface area contributed by atoms with Crippen molar-refractivity contribution in [3.63, 3.8) is 0 Å². The highest BCUT2D eigenvalue weighted by molar-refractivity contribution is 7.99. The smallest absolute Gasteiger partial charge is 0.227 e. The van der Waals surface area contributed by atoms with Gasteiger partial charge in [0, 0.05) is 24.3 Å². The minimum Gasteiger partial charge on any atom is -0.339 e. The van der Waals surface area contributed by atoms with Gasteiger partial charge in [0.2, 0.25) is 17.6 Å². The van der Waals surface area contributed by atoms with Crippen LogP contribution >= 0.6 is 23.1 Å². The van der Waals surface area contributed by atoms with Crippen LogP contribution in [0, 0.1) is 0 Å². The highest BCUT2D eigenvalue weighted by Gasteiger charge is 2.21. The van der Waals surface area contributed by atoms with Crippen LogP contribution in [-0.2, 0) is 11.2 Å². The second-order valence-corrected chi connectivity index (χ2v) is 7.79. The zero-order valence-electron chi connectivity index (χ0n) is 13.6. The van der Waals surface area contributed by atoms with E-state index in [1.807, 2.05) is 52.4 Å². The van der Waals surface area contributed by atoms with Crippen LogP contribution < -0.4 is 4.90 Å². The molecular weight excluding hydrogens is 354 g/mol. The molecule has 0 bridgehead atoms. The third-order valence-corrected chi connectivity index (χ3v) is 6.02. The van der Waals surface area contributed by atoms with Gasteiger partial charge >= 0.3 is 0 Å². The van der Waals surface area contributed by atoms with Gasteiger partial charge in [-0.05, 0) is 35.8 Å². The van der Waals surface area contributed by atoms with Gasteiger partial charge < -0.3 is 9.42 Å². The van der Waals surface area contributed by atoms with Gasteiger partial charge in [0.1, 0.15) is 0 Å². The van der Waals surface area contributed by atoms with Crippen molar-refractivity contribution in [2.75, 3.05) is 17.2 Å². The second kappa shape index (κ2) is 7.41. The molecule has 0 atom stereocenters. The van der Waals surface area contributed by atoms with Crippen LogP contribution in [0.15, 0.2) is 51.2 Å². The van der Waals surface area contributed by atoms with Crippen molar-refractivity contribution >= 4 is 34.7 Å². The first-order chi connectivity index (χ1) is 12.3. The molecule has 1 aliphatic rings. The number of para-hydroxylation sites is 1. The normalized spacial score (nSPS) is 14.2. The lowest BCUT2D eigenvalue weighted by Gasteiger charge is -2.22. The summed E-state index contributed by atoms with van der Waals surface area (Å²) in [6.07, 6.45) is 1.82. The van der Waals surface area contributed by atoms with Crippen LogP contribution in [0.3, 0.4) is 0 Å². The molecular formula is C18H17N3O2S2. The Morgan fingerprint density at radius 1 is 1.24 bits per heavy atom. The Hall–Kier alpha value is -2.12. The molecule has 4 rings (SSSR count). The van der Waals surface area contributed by atoms with E-state index in [0.29, 0.717) is 24.6 Å². The van der Waals surface area contributed by atoms with Crippen molar-refractivity contribution in [3.8, 4) is 10.7 Å². The van der Waals surface area contributed by atoms with Crippen molar-refractivity contribution < 1.29 is 9.32 Å². The van der Waals surface area contributed by atoms with Gasteiger partial charge in [-0.15, -0.1) is 23.1 Å². The van der Waals surface area contributed by atoms with Crippen LogP contribution in [0.25, 0.3) is 10.7 Å². The number of aryl methyl sites for hydroxylation is 1. The van der Waals surface area contributed by atoms with Gasteiger partial charge in [-0.1, -0.05) is 23.4 Å². The summed E-state index contributed by atoms with van der Waals surface area (Å²) in [5.74, 6) is 2.24. The minimum absolute atomic E-state index is 0.103. The molecule has 7 heteroatoms. The number of fused-ring (bicyclic) bond motifs is 1. The first-order valence-corrected chi connectivity index (χ1v) is 10.1. The average molecular weight is 371 g/mol. The van der Waals surface area contributed by atoms with E-state index in [9.17, 15) is 4.79 Å². The highest BCUT2D eigenvalue weighted by Crippen LogP contribution is 2.34. The Labute approximate surface area is 154 Å². The number of thiophene rings is 1. The van der Waals surface area contributed by atoms with Crippen molar-refractivity contribution in [1.29, 1.82) is 0 Å². The molecule has 0 saturated heterocycles. The fraction of sp³-hybridized carbons (Fsp3) is 0.278. The number of hydrogen-bond donors (Lipinski definition) is 0. The van der Waals surface area contributed by atoms with E-state index in [1.165, 1.54) is 4.90 Å². The molecule has 1 amide bonds. The molecule has 0 N–H and O–H groups in total. The number of thioether (sulfide) groups is 1. The zero-order valence-corrected chi connectivity index (χ0v) is 15.2. The Kier molecular flexibility index (Phi) is 4.85. The molecule has 3 aromatic rings. The molecule has 0 saturated carbocycles. The molecule has 0 aliphatic carbocycles. The van der Waals surface area contributed by atoms with E-state index in [-0.39, 0.29) is 5.91 Å². The van der Waals surface area contributed by atoms with Gasteiger partial charge in [-0.3, -0.25) is 4.79 Å². The number of aromatic nitrogens is 2. The van der Waals surface area contributed by atoms with E-state index in [0.717, 1.165) is 29.3 Å². The third kappa shape index (κ3) is 3.62. The summed E-state index contributed by atoms with van der Waals surface area (Å²) in [5, 5.41) is 5.97. The van der Waals surface area contributed by atoms with Gasteiger partial charge in [0.15, 0.2) is 0 Å². The van der Waals surface area contributed by atoms with Crippen LogP contribution in [0.5, 0.6) is 0 Å². The summed E-state index contributed by atoms with van der Waals surface area (Å²) in [6.45, 7) is 0.757. The number of nitrogens with zero attached hydrogens (tertiary/aromatic N) is 3. The standard InChI is InChI=1S/C18H17N3O2S2/c22-17(21-10-4-12-24-14-6-2-1-5-13(14)21)9-8-16-19-18(20-23-16)15-7-3-11-25-15/h1-3,5-7,11H,4,8-10,12H2. The summed E-state index contributed by atoms with van der Waals surface area (Å²) in [7, 11) is 0. The monoisotopic (exact) mass is 371 g/mol. The summed E-state index contributed by atoms with van der Waals surface area (Å²) >= 11 is 3.38. The number of carbonyl (C=O) groups excluding carboxylic acids is 1. The summed E-state index contributed by atoms with van der Waals surface area (Å²) in [6, 6.07) is 12.0. The molecule has 2 aromatic heterocycles. The predicted octanol–water partition coefficient (Wildman–Crippen LogP) is 4.26. The van der Waals surface area contributed by atoms with Gasteiger partial charge in [-0.25, -0.2) is 0 Å². The Morgan fingerprint density at radius 2 is 2.16 bits per heavy atom. The average Bonchev–Trinajstić information content (AvgIpc) is 3.27. The zero-order chi connectivity index (χ0) is 17.1. The van der Waals surface area contributed by atoms with Crippen molar-refractivity contribution in [2.45, 2.75) is 24.2 Å². The lowest BCUT2D eigenvalue weighted by molar-refractivity contribution is -0.118. The largest absolute Gasteiger partial charge is 0.339 e. The molecule has 1 aromatic carbocycles. The van der Waals surface area contributed by atoms with E-state index in [4.69, 9.17) is 4.52 Å². The lowest BCUT2D eigenvalue weighted by Crippen LogP contribution is -2.32. The number of amides is 1. The topological polar surface area (TPSA) is 59.2 Å². The third-order valence-electron chi connectivity index (χ3n) is 4.00. The lowest BCUT2D eigenvalue weighted by atomic mass is 10.2. The first-order valence-electron chi connectivity index (χ1n) is 8.20. The molecule has 0 fully saturated rings. The number of rotatable bonds is 4. The van der Waals surface area contributed by atoms with Crippen LogP contribution in [-0.4, -0.2) is 28.3 Å². The molecule has 5 nitrogen and oxygen atoms in total. The maximum absolute atomic E-state index is 12.8.